The summed E-state index contributed by atoms with van der Waals surface area (Å²) < 4.78 is 85.9. The van der Waals surface area contributed by atoms with Gasteiger partial charge in [0, 0.05) is 43.3 Å². The van der Waals surface area contributed by atoms with Gasteiger partial charge >= 0.3 is 18.4 Å². The molecule has 3 heterocycles. The second-order valence-corrected chi connectivity index (χ2v) is 10.3. The number of rotatable bonds is 8. The van der Waals surface area contributed by atoms with Crippen molar-refractivity contribution >= 4 is 16.9 Å². The SMILES string of the molecule is O=C1NC(Cc2c[nH]c3ccccc23)C(CCc2cc(C(F)(F)F)cc(C(F)(F)F)c2)N1CCN1CCOCC1. The number of para-hydroxylation sites is 1. The number of nitrogens with zero attached hydrogens (tertiary/aromatic N) is 2. The highest BCUT2D eigenvalue weighted by molar-refractivity contribution is 5.83. The van der Waals surface area contributed by atoms with Gasteiger partial charge in [-0.3, -0.25) is 4.90 Å². The number of H-pyrrole nitrogens is 1. The summed E-state index contributed by atoms with van der Waals surface area (Å²) in [6, 6.07) is 8.30. The van der Waals surface area contributed by atoms with Crippen molar-refractivity contribution in [2.45, 2.75) is 43.7 Å². The molecule has 0 bridgehead atoms. The standard InChI is InChI=1S/C28H30F6N4O2/c29-27(30,31)20-13-18(14-21(16-20)28(32,33)34)5-6-25-24(15-19-17-35-23-4-2-1-3-22(19)23)36-26(39)38(25)8-7-37-9-11-40-12-10-37/h1-4,13-14,16-17,24-25,35H,5-12,15H2,(H,36,39). The van der Waals surface area contributed by atoms with E-state index in [-0.39, 0.29) is 36.5 Å². The molecule has 3 aromatic rings. The van der Waals surface area contributed by atoms with Gasteiger partial charge in [0.05, 0.1) is 36.4 Å². The summed E-state index contributed by atoms with van der Waals surface area (Å²) in [5.41, 5.74) is -0.832. The van der Waals surface area contributed by atoms with Crippen LogP contribution in [0.5, 0.6) is 0 Å². The lowest BCUT2D eigenvalue weighted by Gasteiger charge is -2.31. The fraction of sp³-hybridized carbons (Fsp3) is 0.464. The first-order chi connectivity index (χ1) is 19.0. The average Bonchev–Trinajstić information content (AvgIpc) is 3.45. The zero-order chi connectivity index (χ0) is 28.5. The first-order valence-electron chi connectivity index (χ1n) is 13.2. The van der Waals surface area contributed by atoms with E-state index in [4.69, 9.17) is 4.74 Å². The number of morpholine rings is 1. The van der Waals surface area contributed by atoms with Crippen molar-refractivity contribution in [2.24, 2.45) is 0 Å². The number of ether oxygens (including phenoxy) is 1. The summed E-state index contributed by atoms with van der Waals surface area (Å²) in [4.78, 5) is 20.2. The number of amides is 2. The molecular weight excluding hydrogens is 538 g/mol. The van der Waals surface area contributed by atoms with Crippen molar-refractivity contribution in [1.82, 2.24) is 20.1 Å². The second-order valence-electron chi connectivity index (χ2n) is 10.3. The maximum Gasteiger partial charge on any atom is 0.416 e. The van der Waals surface area contributed by atoms with E-state index in [1.807, 2.05) is 30.5 Å². The van der Waals surface area contributed by atoms with Gasteiger partial charge in [0.15, 0.2) is 0 Å². The fourth-order valence-electron chi connectivity index (χ4n) is 5.61. The average molecular weight is 569 g/mol. The van der Waals surface area contributed by atoms with Gasteiger partial charge in [0.2, 0.25) is 0 Å². The topological polar surface area (TPSA) is 60.6 Å². The molecule has 1 aromatic heterocycles. The molecule has 12 heteroatoms. The van der Waals surface area contributed by atoms with E-state index in [9.17, 15) is 31.1 Å². The van der Waals surface area contributed by atoms with Crippen LogP contribution < -0.4 is 5.32 Å². The van der Waals surface area contributed by atoms with Crippen molar-refractivity contribution in [3.8, 4) is 0 Å². The van der Waals surface area contributed by atoms with Gasteiger partial charge in [0.25, 0.3) is 0 Å². The smallest absolute Gasteiger partial charge is 0.379 e. The maximum atomic E-state index is 13.4. The minimum Gasteiger partial charge on any atom is -0.379 e. The van der Waals surface area contributed by atoms with E-state index in [1.54, 1.807) is 4.90 Å². The van der Waals surface area contributed by atoms with Crippen LogP contribution in [0.3, 0.4) is 0 Å². The third-order valence-corrected chi connectivity index (χ3v) is 7.69. The summed E-state index contributed by atoms with van der Waals surface area (Å²) in [5, 5.41) is 4.02. The van der Waals surface area contributed by atoms with Gasteiger partial charge in [-0.1, -0.05) is 18.2 Å². The van der Waals surface area contributed by atoms with E-state index >= 15 is 0 Å². The summed E-state index contributed by atoms with van der Waals surface area (Å²) in [7, 11) is 0. The molecule has 2 amide bonds. The van der Waals surface area contributed by atoms with Crippen molar-refractivity contribution < 1.29 is 35.9 Å². The summed E-state index contributed by atoms with van der Waals surface area (Å²) in [6.45, 7) is 3.62. The molecule has 2 saturated heterocycles. The molecule has 2 aliphatic heterocycles. The molecule has 0 spiro atoms. The zero-order valence-corrected chi connectivity index (χ0v) is 21.6. The van der Waals surface area contributed by atoms with Gasteiger partial charge in [-0.05, 0) is 54.7 Å². The number of carbonyl (C=O) groups is 1. The quantitative estimate of drug-likeness (QED) is 0.354. The van der Waals surface area contributed by atoms with Gasteiger partial charge in [-0.25, -0.2) is 4.79 Å². The minimum atomic E-state index is -4.91. The van der Waals surface area contributed by atoms with E-state index in [1.165, 1.54) is 0 Å². The number of nitrogens with one attached hydrogen (secondary N) is 2. The van der Waals surface area contributed by atoms with Crippen LogP contribution in [0.25, 0.3) is 10.9 Å². The number of aromatic nitrogens is 1. The fourth-order valence-corrected chi connectivity index (χ4v) is 5.61. The Morgan fingerprint density at radius 3 is 2.27 bits per heavy atom. The maximum absolute atomic E-state index is 13.4. The third kappa shape index (κ3) is 6.38. The highest BCUT2D eigenvalue weighted by Gasteiger charge is 2.40. The lowest BCUT2D eigenvalue weighted by molar-refractivity contribution is -0.143. The Morgan fingerprint density at radius 2 is 1.60 bits per heavy atom. The summed E-state index contributed by atoms with van der Waals surface area (Å²) in [6.07, 6.45) is -7.35. The monoisotopic (exact) mass is 568 g/mol. The third-order valence-electron chi connectivity index (χ3n) is 7.69. The molecule has 0 saturated carbocycles. The van der Waals surface area contributed by atoms with Crippen LogP contribution in [0.4, 0.5) is 31.1 Å². The number of alkyl halides is 6. The number of aromatic amines is 1. The van der Waals surface area contributed by atoms with Crippen LogP contribution in [-0.4, -0.2) is 72.3 Å². The number of hydrogen-bond donors (Lipinski definition) is 2. The lowest BCUT2D eigenvalue weighted by atomic mass is 9.93. The molecule has 2 unspecified atom stereocenters. The highest BCUT2D eigenvalue weighted by Crippen LogP contribution is 2.37. The number of urea groups is 1. The molecule has 0 radical (unpaired) electrons. The number of aryl methyl sites for hydroxylation is 1. The van der Waals surface area contributed by atoms with E-state index < -0.39 is 29.5 Å². The number of hydrogen-bond acceptors (Lipinski definition) is 3. The van der Waals surface area contributed by atoms with Crippen LogP contribution in [0.1, 0.15) is 28.7 Å². The molecule has 0 aliphatic carbocycles. The van der Waals surface area contributed by atoms with Crippen LogP contribution in [0.2, 0.25) is 0 Å². The molecule has 2 fully saturated rings. The predicted octanol–water partition coefficient (Wildman–Crippen LogP) is 5.48. The van der Waals surface area contributed by atoms with Crippen molar-refractivity contribution in [3.05, 3.63) is 70.9 Å². The molecule has 2 aliphatic rings. The zero-order valence-electron chi connectivity index (χ0n) is 21.6. The Kier molecular flexibility index (Phi) is 8.01. The predicted molar refractivity (Wildman–Crippen MR) is 137 cm³/mol. The Bertz CT molecular complexity index is 1300. The normalized spacial score (nSPS) is 20.9. The van der Waals surface area contributed by atoms with Crippen molar-refractivity contribution in [3.63, 3.8) is 0 Å². The van der Waals surface area contributed by atoms with E-state index in [2.05, 4.69) is 15.2 Å². The van der Waals surface area contributed by atoms with E-state index in [0.29, 0.717) is 32.7 Å². The Morgan fingerprint density at radius 1 is 0.925 bits per heavy atom. The van der Waals surface area contributed by atoms with Gasteiger partial charge < -0.3 is 19.9 Å². The van der Waals surface area contributed by atoms with Crippen LogP contribution in [-0.2, 0) is 29.9 Å². The number of halogens is 6. The van der Waals surface area contributed by atoms with Crippen LogP contribution in [0.15, 0.2) is 48.7 Å². The number of fused-ring (bicyclic) bond motifs is 1. The molecule has 6 nitrogen and oxygen atoms in total. The molecule has 5 rings (SSSR count). The van der Waals surface area contributed by atoms with Crippen molar-refractivity contribution in [1.29, 1.82) is 0 Å². The number of carbonyl (C=O) groups excluding carboxylic acids is 1. The highest BCUT2D eigenvalue weighted by atomic mass is 19.4. The van der Waals surface area contributed by atoms with Gasteiger partial charge in [-0.15, -0.1) is 0 Å². The number of benzene rings is 2. The summed E-state index contributed by atoms with van der Waals surface area (Å²) in [5.74, 6) is 0. The molecule has 2 aromatic carbocycles. The molecular formula is C28H30F6N4O2. The first-order valence-corrected chi connectivity index (χ1v) is 13.2. The lowest BCUT2D eigenvalue weighted by Crippen LogP contribution is -2.45. The minimum absolute atomic E-state index is 0.0505. The molecule has 2 N–H and O–H groups in total. The van der Waals surface area contributed by atoms with E-state index in [0.717, 1.165) is 41.7 Å². The first kappa shape index (κ1) is 28.3. The van der Waals surface area contributed by atoms with Crippen LogP contribution >= 0.6 is 0 Å². The Hall–Kier alpha value is -3.25. The molecule has 216 valence electrons. The molecule has 2 atom stereocenters. The Labute approximate surface area is 227 Å². The molecule has 40 heavy (non-hydrogen) atoms. The Balaban J connectivity index is 1.39. The van der Waals surface area contributed by atoms with Gasteiger partial charge in [0.1, 0.15) is 0 Å². The van der Waals surface area contributed by atoms with Crippen LogP contribution in [0, 0.1) is 0 Å². The van der Waals surface area contributed by atoms with Crippen molar-refractivity contribution in [2.75, 3.05) is 39.4 Å². The van der Waals surface area contributed by atoms with Gasteiger partial charge in [-0.2, -0.15) is 26.3 Å². The second kappa shape index (κ2) is 11.3. The summed E-state index contributed by atoms with van der Waals surface area (Å²) >= 11 is 0. The largest absolute Gasteiger partial charge is 0.416 e.